The van der Waals surface area contributed by atoms with E-state index in [0.717, 1.165) is 5.56 Å². The number of benzene rings is 2. The molecule has 20 heteroatoms. The number of methoxy groups -OCH3 is 1. The lowest BCUT2D eigenvalue weighted by Gasteiger charge is -2.36. The summed E-state index contributed by atoms with van der Waals surface area (Å²) in [6.07, 6.45) is -4.11. The minimum absolute atomic E-state index is 0.00811. The van der Waals surface area contributed by atoms with Crippen molar-refractivity contribution in [3.05, 3.63) is 53.6 Å². The van der Waals surface area contributed by atoms with Crippen molar-refractivity contribution in [3.63, 3.8) is 0 Å². The Balaban J connectivity index is 1.40. The first-order valence-corrected chi connectivity index (χ1v) is 18.6. The third-order valence-electron chi connectivity index (χ3n) is 8.51. The van der Waals surface area contributed by atoms with E-state index in [1.165, 1.54) is 30.2 Å². The average Bonchev–Trinajstić information content (AvgIpc) is 3.18. The number of hydrogen-bond acceptors (Lipinski definition) is 15. The van der Waals surface area contributed by atoms with Crippen LogP contribution in [-0.4, -0.2) is 122 Å². The van der Waals surface area contributed by atoms with Gasteiger partial charge in [-0.3, -0.25) is 4.79 Å². The van der Waals surface area contributed by atoms with Crippen LogP contribution in [0, 0.1) is 5.92 Å². The van der Waals surface area contributed by atoms with E-state index in [2.05, 4.69) is 30.9 Å². The fourth-order valence-electron chi connectivity index (χ4n) is 5.86. The minimum atomic E-state index is -4.66. The Morgan fingerprint density at radius 1 is 0.931 bits per heavy atom. The smallest absolute Gasteiger partial charge is 0.422 e. The molecule has 0 saturated carbocycles. The normalized spacial score (nSPS) is 17.6. The minimum Gasteiger partial charge on any atom is -0.491 e. The van der Waals surface area contributed by atoms with Gasteiger partial charge in [-0.25, -0.2) is 9.59 Å². The summed E-state index contributed by atoms with van der Waals surface area (Å²) in [6.45, 7) is 5.64. The molecule has 0 spiro atoms. The summed E-state index contributed by atoms with van der Waals surface area (Å²) in [5.41, 5.74) is 0.377. The number of carbonyl (C=O) groups is 3. The number of esters is 1. The van der Waals surface area contributed by atoms with Crippen molar-refractivity contribution < 1.29 is 60.7 Å². The number of fused-ring (bicyclic) bond motifs is 12. The molecule has 4 heterocycles. The number of hydrogen-bond donors (Lipinski definition) is 3. The van der Waals surface area contributed by atoms with Crippen molar-refractivity contribution in [2.45, 2.75) is 58.0 Å². The maximum absolute atomic E-state index is 14.0. The van der Waals surface area contributed by atoms with Gasteiger partial charge in [-0.2, -0.15) is 28.1 Å². The lowest BCUT2D eigenvalue weighted by molar-refractivity contribution is -0.154. The Bertz CT molecular complexity index is 1850. The number of nitrogens with one attached hydrogen (secondary N) is 3. The van der Waals surface area contributed by atoms with Crippen molar-refractivity contribution in [2.75, 3.05) is 77.1 Å². The van der Waals surface area contributed by atoms with Crippen LogP contribution in [0.1, 0.15) is 49.5 Å². The highest BCUT2D eigenvalue weighted by Crippen LogP contribution is 2.28. The SMILES string of the molecule is COC(=O)C(NC(=O)c1ccc2cc1OCCOCCOCCOc1ccc(cc1)CNc1nc(nc(OCC(F)(F)F)n1)N2)C1CCCN(C(=O)OC(C)(C)C)C1. The van der Waals surface area contributed by atoms with Crippen LogP contribution in [0.2, 0.25) is 0 Å². The molecule has 316 valence electrons. The lowest BCUT2D eigenvalue weighted by atomic mass is 9.90. The van der Waals surface area contributed by atoms with E-state index in [4.69, 9.17) is 33.2 Å². The quantitative estimate of drug-likeness (QED) is 0.225. The maximum Gasteiger partial charge on any atom is 0.422 e. The Labute approximate surface area is 333 Å². The Hall–Kier alpha value is -5.63. The van der Waals surface area contributed by atoms with Gasteiger partial charge in [-0.15, -0.1) is 0 Å². The largest absolute Gasteiger partial charge is 0.491 e. The molecule has 6 rings (SSSR count). The molecule has 0 radical (unpaired) electrons. The summed E-state index contributed by atoms with van der Waals surface area (Å²) in [7, 11) is 1.21. The van der Waals surface area contributed by atoms with Gasteiger partial charge in [-0.05, 0) is 63.4 Å². The van der Waals surface area contributed by atoms with E-state index in [9.17, 15) is 27.6 Å². The molecule has 2 atom stereocenters. The molecule has 2 amide bonds. The predicted octanol–water partition coefficient (Wildman–Crippen LogP) is 4.89. The molecular weight excluding hydrogens is 771 g/mol. The van der Waals surface area contributed by atoms with E-state index in [-0.39, 0.29) is 61.8 Å². The second-order valence-electron chi connectivity index (χ2n) is 14.2. The van der Waals surface area contributed by atoms with Gasteiger partial charge in [0.25, 0.3) is 5.91 Å². The first kappa shape index (κ1) is 43.5. The summed E-state index contributed by atoms with van der Waals surface area (Å²) in [5.74, 6) is -1.47. The standard InChI is InChI=1S/C38H48F3N7O10/c1-37(2,3)58-36(51)48-13-5-6-25(22-48)30(32(50)52-4)44-31(49)28-12-9-26-20-29(28)56-19-17-54-15-14-53-16-18-55-27-10-7-24(8-11-27)21-42-33-45-34(43-26)47-35(46-33)57-23-38(39,40)41/h7-12,20,25,30H,5-6,13-19,21-23H2,1-4H3,(H,44,49)(H2,42,43,45,46,47). The number of anilines is 3. The number of aromatic nitrogens is 3. The zero-order chi connectivity index (χ0) is 41.7. The van der Waals surface area contributed by atoms with E-state index in [1.54, 1.807) is 45.0 Å². The summed E-state index contributed by atoms with van der Waals surface area (Å²) in [6, 6.07) is 9.78. The van der Waals surface area contributed by atoms with E-state index >= 15 is 0 Å². The molecule has 3 aliphatic heterocycles. The van der Waals surface area contributed by atoms with Crippen LogP contribution < -0.4 is 30.2 Å². The number of likely N-dealkylation sites (tertiary alicyclic amines) is 1. The van der Waals surface area contributed by atoms with Crippen LogP contribution in [-0.2, 0) is 30.3 Å². The third kappa shape index (κ3) is 13.8. The average molecular weight is 820 g/mol. The molecule has 1 fully saturated rings. The topological polar surface area (TPSA) is 194 Å². The summed E-state index contributed by atoms with van der Waals surface area (Å²) in [5, 5.41) is 8.66. The van der Waals surface area contributed by atoms with Gasteiger partial charge >= 0.3 is 24.2 Å². The van der Waals surface area contributed by atoms with E-state index < -0.39 is 54.3 Å². The highest BCUT2D eigenvalue weighted by molar-refractivity contribution is 5.99. The Morgan fingerprint density at radius 2 is 1.62 bits per heavy atom. The number of nitrogens with zero attached hydrogens (tertiary/aromatic N) is 4. The Kier molecular flexibility index (Phi) is 15.1. The molecule has 3 aromatic rings. The highest BCUT2D eigenvalue weighted by Gasteiger charge is 2.37. The van der Waals surface area contributed by atoms with Gasteiger partial charge in [0.05, 0.1) is 39.1 Å². The molecule has 58 heavy (non-hydrogen) atoms. The predicted molar refractivity (Wildman–Crippen MR) is 201 cm³/mol. The van der Waals surface area contributed by atoms with Gasteiger partial charge in [0.2, 0.25) is 11.9 Å². The van der Waals surface area contributed by atoms with Gasteiger partial charge in [-0.1, -0.05) is 12.1 Å². The second kappa shape index (κ2) is 20.2. The first-order chi connectivity index (χ1) is 27.7. The van der Waals surface area contributed by atoms with E-state index in [0.29, 0.717) is 45.0 Å². The van der Waals surface area contributed by atoms with Gasteiger partial charge in [0.15, 0.2) is 6.61 Å². The second-order valence-corrected chi connectivity index (χ2v) is 14.2. The highest BCUT2D eigenvalue weighted by atomic mass is 19.4. The number of ether oxygens (including phenoxy) is 7. The fraction of sp³-hybridized carbons (Fsp3) is 0.526. The maximum atomic E-state index is 14.0. The zero-order valence-electron chi connectivity index (χ0n) is 32.7. The fourth-order valence-corrected chi connectivity index (χ4v) is 5.86. The van der Waals surface area contributed by atoms with Gasteiger partial charge in [0, 0.05) is 37.3 Å². The van der Waals surface area contributed by atoms with Crippen LogP contribution in [0.4, 0.5) is 35.5 Å². The molecule has 6 bridgehead atoms. The van der Waals surface area contributed by atoms with Crippen LogP contribution in [0.25, 0.3) is 0 Å². The number of piperidine rings is 1. The monoisotopic (exact) mass is 819 g/mol. The van der Waals surface area contributed by atoms with Crippen LogP contribution in [0.5, 0.6) is 17.5 Å². The van der Waals surface area contributed by atoms with Crippen molar-refractivity contribution >= 4 is 35.6 Å². The number of rotatable bonds is 6. The lowest BCUT2D eigenvalue weighted by Crippen LogP contribution is -2.53. The number of halogens is 3. The summed E-state index contributed by atoms with van der Waals surface area (Å²) in [4.78, 5) is 53.8. The molecule has 17 nitrogen and oxygen atoms in total. The van der Waals surface area contributed by atoms with E-state index in [1.807, 2.05) is 0 Å². The molecule has 1 aromatic heterocycles. The summed E-state index contributed by atoms with van der Waals surface area (Å²) < 4.78 is 77.6. The van der Waals surface area contributed by atoms with Crippen LogP contribution >= 0.6 is 0 Å². The zero-order valence-corrected chi connectivity index (χ0v) is 32.7. The molecule has 2 aromatic carbocycles. The molecule has 1 saturated heterocycles. The molecule has 3 aliphatic rings. The molecule has 0 aliphatic carbocycles. The number of carbonyl (C=O) groups excluding carboxylic acids is 3. The van der Waals surface area contributed by atoms with Crippen molar-refractivity contribution in [1.29, 1.82) is 0 Å². The Morgan fingerprint density at radius 3 is 2.31 bits per heavy atom. The molecule has 3 N–H and O–H groups in total. The van der Waals surface area contributed by atoms with Gasteiger partial charge in [0.1, 0.15) is 36.4 Å². The third-order valence-corrected chi connectivity index (χ3v) is 8.51. The summed E-state index contributed by atoms with van der Waals surface area (Å²) >= 11 is 0. The number of amides is 2. The van der Waals surface area contributed by atoms with Crippen LogP contribution in [0.15, 0.2) is 42.5 Å². The number of alkyl halides is 3. The molecule has 2 unspecified atom stereocenters. The molecular formula is C38H48F3N7O10. The first-order valence-electron chi connectivity index (χ1n) is 18.6. The van der Waals surface area contributed by atoms with Crippen molar-refractivity contribution in [2.24, 2.45) is 5.92 Å². The van der Waals surface area contributed by atoms with Crippen LogP contribution in [0.3, 0.4) is 0 Å². The van der Waals surface area contributed by atoms with Crippen molar-refractivity contribution in [1.82, 2.24) is 25.2 Å². The van der Waals surface area contributed by atoms with Gasteiger partial charge < -0.3 is 54.0 Å². The van der Waals surface area contributed by atoms with Crippen molar-refractivity contribution in [3.8, 4) is 17.5 Å².